The first-order valence-electron chi connectivity index (χ1n) is 7.11. The number of carbonyl (C=O) groups is 3. The van der Waals surface area contributed by atoms with Gasteiger partial charge in [0.05, 0.1) is 11.1 Å². The zero-order chi connectivity index (χ0) is 17.0. The molecule has 2 aromatic rings. The molecule has 0 aliphatic heterocycles. The number of aryl methyl sites for hydroxylation is 1. The molecule has 1 amide bonds. The maximum Gasteiger partial charge on any atom is 0.336 e. The normalized spacial score (nSPS) is 10.2. The van der Waals surface area contributed by atoms with Gasteiger partial charge in [0.15, 0.2) is 5.78 Å². The van der Waals surface area contributed by atoms with Crippen molar-refractivity contribution < 1.29 is 19.5 Å². The number of rotatable bonds is 5. The second kappa shape index (κ2) is 6.87. The number of Topliss-reactive ketones (excluding diaryl/α,β-unsaturated/α-hetero) is 1. The van der Waals surface area contributed by atoms with Gasteiger partial charge in [0.2, 0.25) is 0 Å². The zero-order valence-electron chi connectivity index (χ0n) is 12.9. The van der Waals surface area contributed by atoms with E-state index in [1.54, 1.807) is 30.3 Å². The van der Waals surface area contributed by atoms with Crippen molar-refractivity contribution in [3.8, 4) is 0 Å². The van der Waals surface area contributed by atoms with Crippen molar-refractivity contribution in [1.29, 1.82) is 0 Å². The summed E-state index contributed by atoms with van der Waals surface area (Å²) in [6, 6.07) is 11.3. The average Bonchev–Trinajstić information content (AvgIpc) is 2.53. The molecule has 0 atom stereocenters. The van der Waals surface area contributed by atoms with Gasteiger partial charge in [-0.3, -0.25) is 9.59 Å². The molecule has 0 bridgehead atoms. The predicted octanol–water partition coefficient (Wildman–Crippen LogP) is 2.83. The molecule has 0 radical (unpaired) electrons. The van der Waals surface area contributed by atoms with Gasteiger partial charge in [-0.15, -0.1) is 0 Å². The van der Waals surface area contributed by atoms with Crippen LogP contribution in [0.1, 0.15) is 49.1 Å². The van der Waals surface area contributed by atoms with E-state index in [0.717, 1.165) is 11.1 Å². The molecule has 5 heteroatoms. The molecule has 0 spiro atoms. The van der Waals surface area contributed by atoms with Crippen LogP contribution in [0.3, 0.4) is 0 Å². The lowest BCUT2D eigenvalue weighted by Gasteiger charge is -2.10. The molecule has 23 heavy (non-hydrogen) atoms. The van der Waals surface area contributed by atoms with Crippen molar-refractivity contribution in [3.63, 3.8) is 0 Å². The molecule has 0 aromatic heterocycles. The van der Waals surface area contributed by atoms with Crippen LogP contribution in [-0.2, 0) is 6.54 Å². The third-order valence-electron chi connectivity index (χ3n) is 3.59. The van der Waals surface area contributed by atoms with Crippen molar-refractivity contribution in [3.05, 3.63) is 70.3 Å². The van der Waals surface area contributed by atoms with Gasteiger partial charge in [0, 0.05) is 12.1 Å². The monoisotopic (exact) mass is 311 g/mol. The van der Waals surface area contributed by atoms with Crippen molar-refractivity contribution in [2.24, 2.45) is 0 Å². The first-order valence-corrected chi connectivity index (χ1v) is 7.11. The van der Waals surface area contributed by atoms with Crippen LogP contribution in [0.2, 0.25) is 0 Å². The van der Waals surface area contributed by atoms with Crippen LogP contribution in [0.4, 0.5) is 0 Å². The minimum Gasteiger partial charge on any atom is -0.478 e. The van der Waals surface area contributed by atoms with E-state index in [1.807, 2.05) is 6.92 Å². The molecular weight excluding hydrogens is 294 g/mol. The Kier molecular flexibility index (Phi) is 4.91. The van der Waals surface area contributed by atoms with E-state index in [0.29, 0.717) is 5.56 Å². The lowest BCUT2D eigenvalue weighted by molar-refractivity contribution is 0.0690. The molecule has 0 fully saturated rings. The maximum absolute atomic E-state index is 12.2. The zero-order valence-corrected chi connectivity index (χ0v) is 12.9. The average molecular weight is 311 g/mol. The molecule has 0 aliphatic rings. The number of hydrogen-bond acceptors (Lipinski definition) is 3. The Balaban J connectivity index is 2.14. The first-order chi connectivity index (χ1) is 10.9. The summed E-state index contributed by atoms with van der Waals surface area (Å²) < 4.78 is 0. The standard InChI is InChI=1S/C18H17NO4/c1-11-9-13(12(2)20)7-8-14(11)10-19-17(21)15-5-3-4-6-16(15)18(22)23/h3-9H,10H2,1-2H3,(H,19,21)(H,22,23). The SMILES string of the molecule is CC(=O)c1ccc(CNC(=O)c2ccccc2C(=O)O)c(C)c1. The molecule has 2 rings (SSSR count). The summed E-state index contributed by atoms with van der Waals surface area (Å²) in [4.78, 5) is 34.7. The minimum atomic E-state index is -1.14. The Labute approximate surface area is 134 Å². The number of benzene rings is 2. The van der Waals surface area contributed by atoms with Crippen LogP contribution in [0, 0.1) is 6.92 Å². The molecule has 0 heterocycles. The van der Waals surface area contributed by atoms with E-state index in [-0.39, 0.29) is 23.5 Å². The highest BCUT2D eigenvalue weighted by Crippen LogP contribution is 2.13. The van der Waals surface area contributed by atoms with E-state index in [9.17, 15) is 14.4 Å². The highest BCUT2D eigenvalue weighted by atomic mass is 16.4. The smallest absolute Gasteiger partial charge is 0.336 e. The summed E-state index contributed by atoms with van der Waals surface area (Å²) in [7, 11) is 0. The van der Waals surface area contributed by atoms with Gasteiger partial charge in [-0.25, -0.2) is 4.79 Å². The molecule has 2 N–H and O–H groups in total. The topological polar surface area (TPSA) is 83.5 Å². The van der Waals surface area contributed by atoms with E-state index < -0.39 is 11.9 Å². The summed E-state index contributed by atoms with van der Waals surface area (Å²) in [5, 5.41) is 11.8. The predicted molar refractivity (Wildman–Crippen MR) is 85.8 cm³/mol. The van der Waals surface area contributed by atoms with E-state index in [2.05, 4.69) is 5.32 Å². The Morgan fingerprint density at radius 2 is 1.70 bits per heavy atom. The lowest BCUT2D eigenvalue weighted by Crippen LogP contribution is -2.25. The van der Waals surface area contributed by atoms with Crippen LogP contribution in [0.5, 0.6) is 0 Å². The molecule has 0 unspecified atom stereocenters. The highest BCUT2D eigenvalue weighted by molar-refractivity contribution is 6.04. The summed E-state index contributed by atoms with van der Waals surface area (Å²) in [5.41, 5.74) is 2.47. The first kappa shape index (κ1) is 16.4. The molecule has 5 nitrogen and oxygen atoms in total. The van der Waals surface area contributed by atoms with Gasteiger partial charge < -0.3 is 10.4 Å². The van der Waals surface area contributed by atoms with Crippen molar-refractivity contribution in [2.45, 2.75) is 20.4 Å². The maximum atomic E-state index is 12.2. The van der Waals surface area contributed by atoms with Gasteiger partial charge in [0.25, 0.3) is 5.91 Å². The fourth-order valence-electron chi connectivity index (χ4n) is 2.25. The Morgan fingerprint density at radius 1 is 1.04 bits per heavy atom. The fourth-order valence-corrected chi connectivity index (χ4v) is 2.25. The largest absolute Gasteiger partial charge is 0.478 e. The number of nitrogens with one attached hydrogen (secondary N) is 1. The highest BCUT2D eigenvalue weighted by Gasteiger charge is 2.15. The van der Waals surface area contributed by atoms with E-state index >= 15 is 0 Å². The fraction of sp³-hybridized carbons (Fsp3) is 0.167. The van der Waals surface area contributed by atoms with Gasteiger partial charge in [-0.1, -0.05) is 24.3 Å². The second-order valence-corrected chi connectivity index (χ2v) is 5.23. The number of carboxylic acids is 1. The van der Waals surface area contributed by atoms with Gasteiger partial charge in [-0.2, -0.15) is 0 Å². The van der Waals surface area contributed by atoms with Crippen LogP contribution in [-0.4, -0.2) is 22.8 Å². The van der Waals surface area contributed by atoms with Gasteiger partial charge in [0.1, 0.15) is 0 Å². The third-order valence-corrected chi connectivity index (χ3v) is 3.59. The van der Waals surface area contributed by atoms with Crippen LogP contribution in [0.25, 0.3) is 0 Å². The minimum absolute atomic E-state index is 0.0147. The molecule has 0 saturated carbocycles. The Hall–Kier alpha value is -2.95. The van der Waals surface area contributed by atoms with Gasteiger partial charge >= 0.3 is 5.97 Å². The summed E-state index contributed by atoms with van der Waals surface area (Å²) in [6.45, 7) is 3.62. The van der Waals surface area contributed by atoms with Crippen molar-refractivity contribution in [1.82, 2.24) is 5.32 Å². The second-order valence-electron chi connectivity index (χ2n) is 5.23. The number of amides is 1. The third kappa shape index (κ3) is 3.83. The van der Waals surface area contributed by atoms with Crippen LogP contribution in [0.15, 0.2) is 42.5 Å². The van der Waals surface area contributed by atoms with Crippen LogP contribution >= 0.6 is 0 Å². The summed E-state index contributed by atoms with van der Waals surface area (Å²) >= 11 is 0. The summed E-state index contributed by atoms with van der Waals surface area (Å²) in [6.07, 6.45) is 0. The molecule has 0 saturated heterocycles. The van der Waals surface area contributed by atoms with Crippen molar-refractivity contribution >= 4 is 17.7 Å². The number of aromatic carboxylic acids is 1. The lowest BCUT2D eigenvalue weighted by atomic mass is 10.0. The van der Waals surface area contributed by atoms with Crippen molar-refractivity contribution in [2.75, 3.05) is 0 Å². The number of ketones is 1. The molecule has 118 valence electrons. The van der Waals surface area contributed by atoms with Gasteiger partial charge in [-0.05, 0) is 43.2 Å². The molecule has 2 aromatic carbocycles. The van der Waals surface area contributed by atoms with E-state index in [4.69, 9.17) is 5.11 Å². The van der Waals surface area contributed by atoms with Crippen LogP contribution < -0.4 is 5.32 Å². The molecular formula is C18H17NO4. The molecule has 0 aliphatic carbocycles. The van der Waals surface area contributed by atoms with E-state index in [1.165, 1.54) is 19.1 Å². The number of hydrogen-bond donors (Lipinski definition) is 2. The number of carbonyl (C=O) groups excluding carboxylic acids is 2. The Bertz CT molecular complexity index is 780. The summed E-state index contributed by atoms with van der Waals surface area (Å²) in [5.74, 6) is -1.60. The number of carboxylic acid groups (broad SMARTS) is 1. The quantitative estimate of drug-likeness (QED) is 0.832. The Morgan fingerprint density at radius 3 is 2.26 bits per heavy atom.